The number of nitrogens with zero attached hydrogens (tertiary/aromatic N) is 3. The minimum atomic E-state index is 0.761. The lowest BCUT2D eigenvalue weighted by Crippen LogP contribution is -2.06. The monoisotopic (exact) mass is 378 g/mol. The molecule has 4 nitrogen and oxygen atoms in total. The molecule has 130 valence electrons. The van der Waals surface area contributed by atoms with E-state index in [1.807, 2.05) is 26.0 Å². The summed E-state index contributed by atoms with van der Waals surface area (Å²) in [4.78, 5) is 15.1. The van der Waals surface area contributed by atoms with E-state index in [2.05, 4.69) is 56.4 Å². The predicted molar refractivity (Wildman–Crippen MR) is 109 cm³/mol. The van der Waals surface area contributed by atoms with Gasteiger partial charge in [0.15, 0.2) is 5.13 Å². The number of hydrogen-bond donors (Lipinski definition) is 1. The fourth-order valence-corrected chi connectivity index (χ4v) is 4.29. The highest BCUT2D eigenvalue weighted by molar-refractivity contribution is 7.16. The van der Waals surface area contributed by atoms with Gasteiger partial charge in [0.05, 0.1) is 10.6 Å². The number of anilines is 2. The molecule has 1 N–H and O–H groups in total. The highest BCUT2D eigenvalue weighted by Gasteiger charge is 2.13. The molecule has 0 unspecified atom stereocenters. The van der Waals surface area contributed by atoms with E-state index in [4.69, 9.17) is 4.98 Å². The first-order chi connectivity index (χ1) is 12.7. The van der Waals surface area contributed by atoms with Crippen molar-refractivity contribution < 1.29 is 0 Å². The van der Waals surface area contributed by atoms with Crippen LogP contribution >= 0.6 is 22.7 Å². The molecule has 0 bridgehead atoms. The van der Waals surface area contributed by atoms with Crippen molar-refractivity contribution >= 4 is 33.6 Å². The zero-order valence-electron chi connectivity index (χ0n) is 14.6. The first kappa shape index (κ1) is 16.9. The van der Waals surface area contributed by atoms with Crippen molar-refractivity contribution in [2.45, 2.75) is 20.3 Å². The molecule has 6 heteroatoms. The van der Waals surface area contributed by atoms with Gasteiger partial charge in [-0.3, -0.25) is 0 Å². The average molecular weight is 379 g/mol. The van der Waals surface area contributed by atoms with Gasteiger partial charge in [-0.05, 0) is 30.9 Å². The highest BCUT2D eigenvalue weighted by Crippen LogP contribution is 2.31. The number of thiazole rings is 1. The van der Waals surface area contributed by atoms with Crippen LogP contribution in [-0.2, 0) is 6.42 Å². The van der Waals surface area contributed by atoms with Crippen LogP contribution < -0.4 is 5.32 Å². The zero-order chi connectivity index (χ0) is 17.9. The van der Waals surface area contributed by atoms with Gasteiger partial charge in [0.2, 0.25) is 0 Å². The Balaban J connectivity index is 1.65. The second-order valence-electron chi connectivity index (χ2n) is 5.99. The molecule has 0 atom stereocenters. The Bertz CT molecular complexity index is 1010. The summed E-state index contributed by atoms with van der Waals surface area (Å²) < 4.78 is 0. The molecule has 0 saturated heterocycles. The molecule has 0 fully saturated rings. The standard InChI is InChI=1S/C20H18N4S2/c1-13-16(11-15-7-4-3-5-8-15)19(22-14(2)21-13)24-20-23-17(12-26-20)18-9-6-10-25-18/h3-10,12H,11H2,1-2H3,(H,21,22,23,24). The quantitative estimate of drug-likeness (QED) is 0.490. The van der Waals surface area contributed by atoms with Crippen molar-refractivity contribution in [3.05, 3.63) is 75.9 Å². The number of benzene rings is 1. The maximum atomic E-state index is 4.71. The van der Waals surface area contributed by atoms with E-state index in [1.165, 1.54) is 10.4 Å². The summed E-state index contributed by atoms with van der Waals surface area (Å²) in [6.07, 6.45) is 0.790. The normalized spacial score (nSPS) is 10.8. The summed E-state index contributed by atoms with van der Waals surface area (Å²) in [6, 6.07) is 14.5. The smallest absolute Gasteiger partial charge is 0.188 e. The molecule has 0 radical (unpaired) electrons. The topological polar surface area (TPSA) is 50.7 Å². The van der Waals surface area contributed by atoms with Crippen molar-refractivity contribution in [2.75, 3.05) is 5.32 Å². The Morgan fingerprint density at radius 3 is 2.54 bits per heavy atom. The fraction of sp³-hybridized carbons (Fsp3) is 0.150. The number of aromatic nitrogens is 3. The molecular formula is C20H18N4S2. The van der Waals surface area contributed by atoms with Crippen molar-refractivity contribution in [1.29, 1.82) is 0 Å². The van der Waals surface area contributed by atoms with Crippen LogP contribution in [0.2, 0.25) is 0 Å². The highest BCUT2D eigenvalue weighted by atomic mass is 32.1. The van der Waals surface area contributed by atoms with Crippen molar-refractivity contribution in [3.63, 3.8) is 0 Å². The van der Waals surface area contributed by atoms with Gasteiger partial charge in [-0.15, -0.1) is 22.7 Å². The van der Waals surface area contributed by atoms with E-state index in [0.717, 1.165) is 40.1 Å². The van der Waals surface area contributed by atoms with Crippen molar-refractivity contribution in [3.8, 4) is 10.6 Å². The van der Waals surface area contributed by atoms with Crippen molar-refractivity contribution in [2.24, 2.45) is 0 Å². The third-order valence-corrected chi connectivity index (χ3v) is 5.70. The molecule has 1 aromatic carbocycles. The first-order valence-corrected chi connectivity index (χ1v) is 10.1. The first-order valence-electron chi connectivity index (χ1n) is 8.33. The van der Waals surface area contributed by atoms with Gasteiger partial charge in [0.25, 0.3) is 0 Å². The molecule has 0 aliphatic carbocycles. The zero-order valence-corrected chi connectivity index (χ0v) is 16.2. The van der Waals surface area contributed by atoms with Crippen LogP contribution in [-0.4, -0.2) is 15.0 Å². The Hall–Kier alpha value is -2.57. The minimum Gasteiger partial charge on any atom is -0.316 e. The van der Waals surface area contributed by atoms with Crippen LogP contribution in [0.15, 0.2) is 53.2 Å². The summed E-state index contributed by atoms with van der Waals surface area (Å²) in [5.74, 6) is 1.60. The second kappa shape index (κ2) is 7.35. The molecule has 26 heavy (non-hydrogen) atoms. The van der Waals surface area contributed by atoms with Crippen LogP contribution in [0.3, 0.4) is 0 Å². The lowest BCUT2D eigenvalue weighted by atomic mass is 10.0. The van der Waals surface area contributed by atoms with Gasteiger partial charge in [0, 0.05) is 23.1 Å². The molecule has 0 spiro atoms. The van der Waals surface area contributed by atoms with E-state index < -0.39 is 0 Å². The molecule has 3 heterocycles. The third kappa shape index (κ3) is 3.66. The molecule has 0 amide bonds. The predicted octanol–water partition coefficient (Wildman–Crippen LogP) is 5.61. The van der Waals surface area contributed by atoms with Crippen molar-refractivity contribution in [1.82, 2.24) is 15.0 Å². The van der Waals surface area contributed by atoms with Gasteiger partial charge in [-0.25, -0.2) is 15.0 Å². The molecule has 4 aromatic rings. The maximum absolute atomic E-state index is 4.71. The number of rotatable bonds is 5. The third-order valence-electron chi connectivity index (χ3n) is 4.05. The molecule has 0 saturated carbocycles. The minimum absolute atomic E-state index is 0.761. The van der Waals surface area contributed by atoms with Crippen LogP contribution in [0.25, 0.3) is 10.6 Å². The fourth-order valence-electron chi connectivity index (χ4n) is 2.82. The van der Waals surface area contributed by atoms with E-state index in [-0.39, 0.29) is 0 Å². The molecular weight excluding hydrogens is 360 g/mol. The van der Waals surface area contributed by atoms with E-state index >= 15 is 0 Å². The van der Waals surface area contributed by atoms with Crippen LogP contribution in [0, 0.1) is 13.8 Å². The Labute approximate surface area is 160 Å². The SMILES string of the molecule is Cc1nc(C)c(Cc2ccccc2)c(Nc2nc(-c3cccs3)cs2)n1. The summed E-state index contributed by atoms with van der Waals surface area (Å²) in [5, 5.41) is 8.41. The van der Waals surface area contributed by atoms with Gasteiger partial charge < -0.3 is 5.32 Å². The van der Waals surface area contributed by atoms with Gasteiger partial charge >= 0.3 is 0 Å². The van der Waals surface area contributed by atoms with E-state index in [9.17, 15) is 0 Å². The van der Waals surface area contributed by atoms with Gasteiger partial charge in [-0.1, -0.05) is 36.4 Å². The lowest BCUT2D eigenvalue weighted by molar-refractivity contribution is 0.965. The van der Waals surface area contributed by atoms with Crippen LogP contribution in [0.5, 0.6) is 0 Å². The summed E-state index contributed by atoms with van der Waals surface area (Å²) in [7, 11) is 0. The summed E-state index contributed by atoms with van der Waals surface area (Å²) >= 11 is 3.29. The Kier molecular flexibility index (Phi) is 4.77. The Morgan fingerprint density at radius 1 is 0.923 bits per heavy atom. The summed E-state index contributed by atoms with van der Waals surface area (Å²) in [6.45, 7) is 3.96. The second-order valence-corrected chi connectivity index (χ2v) is 7.79. The van der Waals surface area contributed by atoms with E-state index in [1.54, 1.807) is 22.7 Å². The number of hydrogen-bond acceptors (Lipinski definition) is 6. The maximum Gasteiger partial charge on any atom is 0.188 e. The van der Waals surface area contributed by atoms with Gasteiger partial charge in [0.1, 0.15) is 11.6 Å². The van der Waals surface area contributed by atoms with Gasteiger partial charge in [-0.2, -0.15) is 0 Å². The number of aryl methyl sites for hydroxylation is 2. The molecule has 3 aromatic heterocycles. The lowest BCUT2D eigenvalue weighted by Gasteiger charge is -2.13. The number of nitrogens with one attached hydrogen (secondary N) is 1. The van der Waals surface area contributed by atoms with Crippen LogP contribution in [0.1, 0.15) is 22.6 Å². The number of thiophene rings is 1. The molecule has 0 aliphatic heterocycles. The summed E-state index contributed by atoms with van der Waals surface area (Å²) in [5.41, 5.74) is 4.35. The Morgan fingerprint density at radius 2 is 1.77 bits per heavy atom. The van der Waals surface area contributed by atoms with E-state index in [0.29, 0.717) is 0 Å². The van der Waals surface area contributed by atoms with Crippen LogP contribution in [0.4, 0.5) is 10.9 Å². The molecule has 0 aliphatic rings. The average Bonchev–Trinajstić information content (AvgIpc) is 3.30. The largest absolute Gasteiger partial charge is 0.316 e. The molecule has 4 rings (SSSR count).